The molecule has 0 aliphatic heterocycles. The normalized spacial score (nSPS) is 10.4. The number of para-hydroxylation sites is 1. The molecule has 0 saturated heterocycles. The fraction of sp³-hybridized carbons (Fsp3) is 0. The van der Waals surface area contributed by atoms with Gasteiger partial charge in [0.2, 0.25) is 0 Å². The molecule has 20 heavy (non-hydrogen) atoms. The summed E-state index contributed by atoms with van der Waals surface area (Å²) in [4.78, 5) is 11.9. The number of carbonyl (C=O) groups is 1. The number of halogens is 1. The second kappa shape index (κ2) is 5.53. The third-order valence-corrected chi connectivity index (χ3v) is 4.38. The molecule has 0 saturated carbocycles. The van der Waals surface area contributed by atoms with E-state index >= 15 is 0 Å². The van der Waals surface area contributed by atoms with Gasteiger partial charge in [-0.3, -0.25) is 5.32 Å². The molecule has 0 aliphatic carbocycles. The van der Waals surface area contributed by atoms with Crippen LogP contribution in [0.2, 0.25) is 5.02 Å². The zero-order valence-electron chi connectivity index (χ0n) is 10.4. The number of benzene rings is 2. The van der Waals surface area contributed by atoms with E-state index in [0.29, 0.717) is 10.0 Å². The Bertz CT molecular complexity index is 755. The van der Waals surface area contributed by atoms with Crippen LogP contribution in [0.4, 0.5) is 15.5 Å². The van der Waals surface area contributed by atoms with E-state index in [9.17, 15) is 4.79 Å². The highest BCUT2D eigenvalue weighted by Crippen LogP contribution is 2.39. The van der Waals surface area contributed by atoms with Crippen LogP contribution in [-0.4, -0.2) is 6.03 Å². The number of hydrogen-bond donors (Lipinski definition) is 2. The van der Waals surface area contributed by atoms with E-state index < -0.39 is 0 Å². The quantitative estimate of drug-likeness (QED) is 0.671. The summed E-state index contributed by atoms with van der Waals surface area (Å²) in [6.45, 7) is 0. The predicted molar refractivity (Wildman–Crippen MR) is 85.9 cm³/mol. The largest absolute Gasteiger partial charge is 0.324 e. The van der Waals surface area contributed by atoms with Crippen LogP contribution in [-0.2, 0) is 0 Å². The number of thiophene rings is 1. The number of carbonyl (C=O) groups excluding carboxylic acids is 1. The SMILES string of the molecule is O=C(Nc1ccccc1)Nc1sc2ccccc2c1Cl. The van der Waals surface area contributed by atoms with Crippen molar-refractivity contribution in [1.82, 2.24) is 0 Å². The van der Waals surface area contributed by atoms with Gasteiger partial charge in [-0.25, -0.2) is 4.79 Å². The molecule has 2 amide bonds. The van der Waals surface area contributed by atoms with Gasteiger partial charge in [0.05, 0.1) is 5.02 Å². The van der Waals surface area contributed by atoms with E-state index in [1.807, 2.05) is 54.6 Å². The molecular weight excluding hydrogens is 292 g/mol. The van der Waals surface area contributed by atoms with Gasteiger partial charge < -0.3 is 5.32 Å². The van der Waals surface area contributed by atoms with Gasteiger partial charge in [-0.2, -0.15) is 0 Å². The minimum atomic E-state index is -0.301. The first-order valence-corrected chi connectivity index (χ1v) is 7.23. The summed E-state index contributed by atoms with van der Waals surface area (Å²) in [5, 5.41) is 7.73. The number of nitrogens with one attached hydrogen (secondary N) is 2. The van der Waals surface area contributed by atoms with Gasteiger partial charge in [0.1, 0.15) is 5.00 Å². The summed E-state index contributed by atoms with van der Waals surface area (Å²) in [6, 6.07) is 16.8. The Morgan fingerprint density at radius 3 is 2.40 bits per heavy atom. The van der Waals surface area contributed by atoms with Gasteiger partial charge in [0.25, 0.3) is 0 Å². The summed E-state index contributed by atoms with van der Waals surface area (Å²) in [5.41, 5.74) is 0.738. The Morgan fingerprint density at radius 1 is 0.950 bits per heavy atom. The van der Waals surface area contributed by atoms with Gasteiger partial charge in [0.15, 0.2) is 0 Å². The molecule has 2 aromatic carbocycles. The van der Waals surface area contributed by atoms with Gasteiger partial charge in [-0.1, -0.05) is 48.0 Å². The molecule has 5 heteroatoms. The monoisotopic (exact) mass is 302 g/mol. The van der Waals surface area contributed by atoms with Crippen LogP contribution in [0, 0.1) is 0 Å². The fourth-order valence-corrected chi connectivity index (χ4v) is 3.26. The van der Waals surface area contributed by atoms with Crippen molar-refractivity contribution < 1.29 is 4.79 Å². The highest BCUT2D eigenvalue weighted by molar-refractivity contribution is 7.23. The topological polar surface area (TPSA) is 41.1 Å². The van der Waals surface area contributed by atoms with Crippen LogP contribution in [0.25, 0.3) is 10.1 Å². The lowest BCUT2D eigenvalue weighted by Crippen LogP contribution is -2.18. The van der Waals surface area contributed by atoms with Crippen molar-refractivity contribution in [2.24, 2.45) is 0 Å². The molecule has 0 radical (unpaired) electrons. The first-order valence-electron chi connectivity index (χ1n) is 6.04. The molecule has 0 bridgehead atoms. The van der Waals surface area contributed by atoms with Gasteiger partial charge in [0, 0.05) is 15.8 Å². The molecule has 0 unspecified atom stereocenters. The lowest BCUT2D eigenvalue weighted by atomic mass is 10.3. The van der Waals surface area contributed by atoms with Crippen LogP contribution in [0.3, 0.4) is 0 Å². The standard InChI is InChI=1S/C15H11ClN2OS/c16-13-11-8-4-5-9-12(11)20-14(13)18-15(19)17-10-6-2-1-3-7-10/h1-9H,(H2,17,18,19). The lowest BCUT2D eigenvalue weighted by Gasteiger charge is -2.05. The average molecular weight is 303 g/mol. The maximum Gasteiger partial charge on any atom is 0.324 e. The second-order valence-electron chi connectivity index (χ2n) is 4.19. The molecule has 1 heterocycles. The van der Waals surface area contributed by atoms with Crippen LogP contribution < -0.4 is 10.6 Å². The molecule has 2 N–H and O–H groups in total. The highest BCUT2D eigenvalue weighted by Gasteiger charge is 2.12. The fourth-order valence-electron chi connectivity index (χ4n) is 1.88. The number of fused-ring (bicyclic) bond motifs is 1. The van der Waals surface area contributed by atoms with E-state index in [0.717, 1.165) is 15.8 Å². The number of urea groups is 1. The number of rotatable bonds is 2. The first kappa shape index (κ1) is 13.0. The summed E-state index contributed by atoms with van der Waals surface area (Å²) in [6.07, 6.45) is 0. The predicted octanol–water partition coefficient (Wildman–Crippen LogP) is 5.20. The smallest absolute Gasteiger partial charge is 0.308 e. The maximum atomic E-state index is 11.9. The summed E-state index contributed by atoms with van der Waals surface area (Å²) >= 11 is 7.73. The van der Waals surface area contributed by atoms with E-state index in [1.165, 1.54) is 11.3 Å². The highest BCUT2D eigenvalue weighted by atomic mass is 35.5. The van der Waals surface area contributed by atoms with Crippen LogP contribution in [0.5, 0.6) is 0 Å². The minimum Gasteiger partial charge on any atom is -0.308 e. The molecule has 0 fully saturated rings. The van der Waals surface area contributed by atoms with Gasteiger partial charge in [-0.15, -0.1) is 11.3 Å². The zero-order chi connectivity index (χ0) is 13.9. The van der Waals surface area contributed by atoms with E-state index in [1.54, 1.807) is 0 Å². The lowest BCUT2D eigenvalue weighted by molar-refractivity contribution is 0.262. The Hall–Kier alpha value is -2.04. The number of anilines is 2. The Morgan fingerprint density at radius 2 is 1.65 bits per heavy atom. The minimum absolute atomic E-state index is 0.301. The molecule has 0 atom stereocenters. The van der Waals surface area contributed by atoms with Crippen molar-refractivity contribution in [1.29, 1.82) is 0 Å². The zero-order valence-corrected chi connectivity index (χ0v) is 12.0. The Balaban J connectivity index is 1.79. The molecule has 3 nitrogen and oxygen atoms in total. The van der Waals surface area contributed by atoms with Crippen molar-refractivity contribution in [2.45, 2.75) is 0 Å². The van der Waals surface area contributed by atoms with Crippen molar-refractivity contribution in [3.05, 3.63) is 59.6 Å². The first-order chi connectivity index (χ1) is 9.74. The Labute approximate surface area is 125 Å². The third kappa shape index (κ3) is 2.61. The number of hydrogen-bond acceptors (Lipinski definition) is 2. The molecule has 1 aromatic heterocycles. The molecule has 3 aromatic rings. The maximum absolute atomic E-state index is 11.9. The van der Waals surface area contributed by atoms with E-state index in [2.05, 4.69) is 10.6 Å². The summed E-state index contributed by atoms with van der Waals surface area (Å²) < 4.78 is 1.05. The van der Waals surface area contributed by atoms with Gasteiger partial charge >= 0.3 is 6.03 Å². The van der Waals surface area contributed by atoms with Crippen molar-refractivity contribution in [3.8, 4) is 0 Å². The van der Waals surface area contributed by atoms with Gasteiger partial charge in [-0.05, 0) is 18.2 Å². The summed E-state index contributed by atoms with van der Waals surface area (Å²) in [5.74, 6) is 0. The van der Waals surface area contributed by atoms with Crippen molar-refractivity contribution >= 4 is 49.7 Å². The van der Waals surface area contributed by atoms with Crippen LogP contribution in [0.1, 0.15) is 0 Å². The second-order valence-corrected chi connectivity index (χ2v) is 5.62. The van der Waals surface area contributed by atoms with E-state index in [-0.39, 0.29) is 6.03 Å². The Kier molecular flexibility index (Phi) is 3.58. The van der Waals surface area contributed by atoms with Crippen molar-refractivity contribution in [2.75, 3.05) is 10.6 Å². The van der Waals surface area contributed by atoms with Crippen LogP contribution in [0.15, 0.2) is 54.6 Å². The molecule has 0 spiro atoms. The third-order valence-electron chi connectivity index (χ3n) is 2.79. The average Bonchev–Trinajstić information content (AvgIpc) is 2.77. The van der Waals surface area contributed by atoms with E-state index in [4.69, 9.17) is 11.6 Å². The molecule has 100 valence electrons. The van der Waals surface area contributed by atoms with Crippen molar-refractivity contribution in [3.63, 3.8) is 0 Å². The molecule has 3 rings (SSSR count). The molecule has 0 aliphatic rings. The molecular formula is C15H11ClN2OS. The number of amides is 2. The summed E-state index contributed by atoms with van der Waals surface area (Å²) in [7, 11) is 0. The van der Waals surface area contributed by atoms with Crippen LogP contribution >= 0.6 is 22.9 Å².